The number of hydrogen-bond acceptors (Lipinski definition) is 6. The van der Waals surface area contributed by atoms with Crippen molar-refractivity contribution in [2.75, 3.05) is 6.54 Å². The lowest BCUT2D eigenvalue weighted by Crippen LogP contribution is -2.31. The Labute approximate surface area is 163 Å². The molecule has 0 bridgehead atoms. The van der Waals surface area contributed by atoms with Crippen LogP contribution in [0.25, 0.3) is 11.6 Å². The van der Waals surface area contributed by atoms with E-state index in [0.29, 0.717) is 35.5 Å². The maximum absolute atomic E-state index is 12.2. The molecular formula is C20H24N6O2. The van der Waals surface area contributed by atoms with Crippen molar-refractivity contribution >= 4 is 5.91 Å². The first kappa shape index (κ1) is 18.3. The van der Waals surface area contributed by atoms with Crippen LogP contribution >= 0.6 is 0 Å². The van der Waals surface area contributed by atoms with Gasteiger partial charge in [0.15, 0.2) is 0 Å². The fourth-order valence-electron chi connectivity index (χ4n) is 3.60. The van der Waals surface area contributed by atoms with Crippen molar-refractivity contribution in [1.29, 1.82) is 0 Å². The Hall–Kier alpha value is -3.03. The van der Waals surface area contributed by atoms with Crippen LogP contribution in [0.5, 0.6) is 0 Å². The van der Waals surface area contributed by atoms with E-state index >= 15 is 0 Å². The van der Waals surface area contributed by atoms with Crippen LogP contribution in [0, 0.1) is 5.92 Å². The summed E-state index contributed by atoms with van der Waals surface area (Å²) in [5, 5.41) is 15.5. The average Bonchev–Trinajstić information content (AvgIpc) is 3.43. The minimum Gasteiger partial charge on any atom is -0.419 e. The molecule has 1 aliphatic carbocycles. The highest BCUT2D eigenvalue weighted by molar-refractivity contribution is 5.93. The lowest BCUT2D eigenvalue weighted by molar-refractivity contribution is 0.0942. The molecule has 0 unspecified atom stereocenters. The Morgan fingerprint density at radius 3 is 2.82 bits per heavy atom. The monoisotopic (exact) mass is 380 g/mol. The van der Waals surface area contributed by atoms with Gasteiger partial charge < -0.3 is 9.73 Å². The van der Waals surface area contributed by atoms with Crippen LogP contribution in [0.2, 0.25) is 0 Å². The largest absolute Gasteiger partial charge is 0.419 e. The van der Waals surface area contributed by atoms with Gasteiger partial charge in [-0.3, -0.25) is 14.5 Å². The molecule has 8 nitrogen and oxygen atoms in total. The molecule has 0 spiro atoms. The molecule has 3 aromatic heterocycles. The van der Waals surface area contributed by atoms with Gasteiger partial charge in [0.25, 0.3) is 11.8 Å². The third-order valence-electron chi connectivity index (χ3n) is 5.29. The molecule has 0 saturated heterocycles. The summed E-state index contributed by atoms with van der Waals surface area (Å²) in [5.41, 5.74) is 1.31. The summed E-state index contributed by atoms with van der Waals surface area (Å²) in [6, 6.07) is 5.62. The van der Waals surface area contributed by atoms with Gasteiger partial charge in [-0.15, -0.1) is 10.2 Å². The Kier molecular flexibility index (Phi) is 5.45. The second-order valence-corrected chi connectivity index (χ2v) is 7.17. The highest BCUT2D eigenvalue weighted by Crippen LogP contribution is 2.35. The normalized spacial score (nSPS) is 19.5. The minimum absolute atomic E-state index is 0.0567. The number of carbonyl (C=O) groups excluding carboxylic acids is 1. The van der Waals surface area contributed by atoms with E-state index in [1.807, 2.05) is 25.1 Å². The quantitative estimate of drug-likeness (QED) is 0.706. The first-order valence-corrected chi connectivity index (χ1v) is 9.78. The second-order valence-electron chi connectivity index (χ2n) is 7.17. The summed E-state index contributed by atoms with van der Waals surface area (Å²) < 4.78 is 7.60. The lowest BCUT2D eigenvalue weighted by Gasteiger charge is -2.26. The van der Waals surface area contributed by atoms with E-state index in [-0.39, 0.29) is 11.8 Å². The number of pyridine rings is 1. The summed E-state index contributed by atoms with van der Waals surface area (Å²) in [5.74, 6) is 1.85. The Morgan fingerprint density at radius 2 is 2.11 bits per heavy atom. The lowest BCUT2D eigenvalue weighted by atomic mass is 9.82. The van der Waals surface area contributed by atoms with Crippen LogP contribution in [0.15, 0.2) is 41.2 Å². The highest BCUT2D eigenvalue weighted by Gasteiger charge is 2.27. The van der Waals surface area contributed by atoms with Crippen molar-refractivity contribution in [3.8, 4) is 11.6 Å². The topological polar surface area (TPSA) is 98.7 Å². The van der Waals surface area contributed by atoms with Crippen LogP contribution in [0.3, 0.4) is 0 Å². The molecule has 8 heteroatoms. The number of carbonyl (C=O) groups is 1. The Bertz CT molecular complexity index is 912. The number of rotatable bonds is 6. The maximum atomic E-state index is 12.2. The molecule has 0 aromatic carbocycles. The van der Waals surface area contributed by atoms with E-state index in [9.17, 15) is 4.79 Å². The number of nitrogens with zero attached hydrogens (tertiary/aromatic N) is 5. The molecular weight excluding hydrogens is 356 g/mol. The van der Waals surface area contributed by atoms with E-state index < -0.39 is 0 Å². The van der Waals surface area contributed by atoms with E-state index in [1.54, 1.807) is 23.3 Å². The number of aromatic nitrogens is 5. The van der Waals surface area contributed by atoms with Crippen molar-refractivity contribution in [3.05, 3.63) is 48.2 Å². The average molecular weight is 380 g/mol. The van der Waals surface area contributed by atoms with Crippen LogP contribution in [0.4, 0.5) is 0 Å². The Morgan fingerprint density at radius 1 is 1.25 bits per heavy atom. The zero-order valence-electron chi connectivity index (χ0n) is 15.9. The molecule has 1 aliphatic rings. The molecule has 1 fully saturated rings. The fraction of sp³-hybridized carbons (Fsp3) is 0.450. The van der Waals surface area contributed by atoms with Gasteiger partial charge in [-0.25, -0.2) is 0 Å². The first-order valence-electron chi connectivity index (χ1n) is 9.78. The predicted octanol–water partition coefficient (Wildman–Crippen LogP) is 3.05. The number of amides is 1. The molecule has 28 heavy (non-hydrogen) atoms. The van der Waals surface area contributed by atoms with Crippen molar-refractivity contribution in [1.82, 2.24) is 30.3 Å². The van der Waals surface area contributed by atoms with Crippen molar-refractivity contribution < 1.29 is 9.21 Å². The maximum Gasteiger partial charge on any atom is 0.266 e. The number of aryl methyl sites for hydroxylation is 1. The van der Waals surface area contributed by atoms with E-state index in [0.717, 1.165) is 32.2 Å². The highest BCUT2D eigenvalue weighted by atomic mass is 16.4. The molecule has 146 valence electrons. The summed E-state index contributed by atoms with van der Waals surface area (Å²) in [7, 11) is 0. The smallest absolute Gasteiger partial charge is 0.266 e. The Balaban J connectivity index is 1.27. The number of nitrogens with one attached hydrogen (secondary N) is 1. The summed E-state index contributed by atoms with van der Waals surface area (Å²) in [6.45, 7) is 3.44. The van der Waals surface area contributed by atoms with Crippen LogP contribution in [-0.4, -0.2) is 37.4 Å². The van der Waals surface area contributed by atoms with E-state index in [2.05, 4.69) is 25.6 Å². The van der Waals surface area contributed by atoms with Gasteiger partial charge in [0.1, 0.15) is 5.69 Å². The van der Waals surface area contributed by atoms with E-state index in [1.165, 1.54) is 0 Å². The summed E-state index contributed by atoms with van der Waals surface area (Å²) in [4.78, 5) is 16.5. The zero-order valence-corrected chi connectivity index (χ0v) is 15.9. The fourth-order valence-corrected chi connectivity index (χ4v) is 3.60. The summed E-state index contributed by atoms with van der Waals surface area (Å²) in [6.07, 6.45) is 9.13. The van der Waals surface area contributed by atoms with Crippen LogP contribution in [-0.2, 0) is 6.54 Å². The van der Waals surface area contributed by atoms with Gasteiger partial charge in [-0.2, -0.15) is 5.10 Å². The number of hydrogen-bond donors (Lipinski definition) is 1. The second kappa shape index (κ2) is 8.33. The standard InChI is InChI=1S/C20H24N6O2/c1-2-26-13-16(12-23-26)18(27)22-11-14-6-8-15(9-7-14)19-24-25-20(28-19)17-5-3-4-10-21-17/h3-5,10,12-15H,2,6-9,11H2,1H3,(H,22,27). The third kappa shape index (κ3) is 4.11. The molecule has 1 saturated carbocycles. The summed E-state index contributed by atoms with van der Waals surface area (Å²) >= 11 is 0. The molecule has 0 atom stereocenters. The SMILES string of the molecule is CCn1cc(C(=O)NCC2CCC(c3nnc(-c4ccccn4)o3)CC2)cn1. The van der Waals surface area contributed by atoms with Gasteiger partial charge in [0.05, 0.1) is 11.8 Å². The van der Waals surface area contributed by atoms with Gasteiger partial charge in [-0.1, -0.05) is 6.07 Å². The van der Waals surface area contributed by atoms with E-state index in [4.69, 9.17) is 4.42 Å². The van der Waals surface area contributed by atoms with Gasteiger partial charge in [0.2, 0.25) is 5.89 Å². The molecule has 3 heterocycles. The zero-order chi connectivity index (χ0) is 19.3. The van der Waals surface area contributed by atoms with Gasteiger partial charge in [0, 0.05) is 31.4 Å². The first-order chi connectivity index (χ1) is 13.7. The van der Waals surface area contributed by atoms with Crippen molar-refractivity contribution in [2.45, 2.75) is 45.1 Å². The molecule has 4 rings (SSSR count). The minimum atomic E-state index is -0.0567. The van der Waals surface area contributed by atoms with Gasteiger partial charge in [-0.05, 0) is 50.7 Å². The molecule has 1 N–H and O–H groups in total. The van der Waals surface area contributed by atoms with Crippen molar-refractivity contribution in [2.24, 2.45) is 5.92 Å². The molecule has 1 amide bonds. The predicted molar refractivity (Wildman–Crippen MR) is 102 cm³/mol. The molecule has 0 radical (unpaired) electrons. The van der Waals surface area contributed by atoms with Gasteiger partial charge >= 0.3 is 0 Å². The van der Waals surface area contributed by atoms with Crippen LogP contribution < -0.4 is 5.32 Å². The third-order valence-corrected chi connectivity index (χ3v) is 5.29. The molecule has 0 aliphatic heterocycles. The molecule has 3 aromatic rings. The van der Waals surface area contributed by atoms with Crippen molar-refractivity contribution in [3.63, 3.8) is 0 Å². The van der Waals surface area contributed by atoms with Crippen LogP contribution in [0.1, 0.15) is 54.8 Å².